The summed E-state index contributed by atoms with van der Waals surface area (Å²) in [6.45, 7) is 2.14. The first kappa shape index (κ1) is 13.0. The van der Waals surface area contributed by atoms with Gasteiger partial charge in [0.2, 0.25) is 0 Å². The summed E-state index contributed by atoms with van der Waals surface area (Å²) in [5.74, 6) is 0.909. The van der Waals surface area contributed by atoms with Gasteiger partial charge in [0.15, 0.2) is 11.6 Å². The molecule has 3 heteroatoms. The molecule has 0 radical (unpaired) electrons. The van der Waals surface area contributed by atoms with E-state index in [9.17, 15) is 4.79 Å². The van der Waals surface area contributed by atoms with Gasteiger partial charge in [0.05, 0.1) is 11.3 Å². The maximum Gasteiger partial charge on any atom is 0.166 e. The van der Waals surface area contributed by atoms with Crippen molar-refractivity contribution in [1.82, 2.24) is 9.97 Å². The predicted octanol–water partition coefficient (Wildman–Crippen LogP) is 3.62. The third kappa shape index (κ3) is 2.48. The summed E-state index contributed by atoms with van der Waals surface area (Å²) in [6, 6.07) is 8.32. The Morgan fingerprint density at radius 2 is 1.85 bits per heavy atom. The van der Waals surface area contributed by atoms with Gasteiger partial charge in [-0.15, -0.1) is 0 Å². The number of nitrogens with zero attached hydrogens (tertiary/aromatic N) is 2. The molecule has 1 aliphatic carbocycles. The number of aromatic nitrogens is 2. The van der Waals surface area contributed by atoms with E-state index in [4.69, 9.17) is 0 Å². The summed E-state index contributed by atoms with van der Waals surface area (Å²) < 4.78 is 0. The minimum atomic E-state index is 0.186. The van der Waals surface area contributed by atoms with Crippen LogP contribution in [0.1, 0.15) is 47.8 Å². The highest BCUT2D eigenvalue weighted by Crippen LogP contribution is 2.22. The lowest BCUT2D eigenvalue weighted by molar-refractivity contribution is 0.0981. The van der Waals surface area contributed by atoms with Crippen LogP contribution in [0, 0.1) is 0 Å². The average molecular weight is 266 g/mol. The standard InChI is InChI=1S/C17H18N2O/c1-2-12-7-9-13(10-8-12)17-18-11-14-15(19-17)5-3-4-6-16(14)20/h7-11H,2-6H2,1H3. The van der Waals surface area contributed by atoms with Crippen molar-refractivity contribution in [2.45, 2.75) is 39.0 Å². The van der Waals surface area contributed by atoms with Crippen molar-refractivity contribution in [1.29, 1.82) is 0 Å². The molecular weight excluding hydrogens is 248 g/mol. The fraction of sp³-hybridized carbons (Fsp3) is 0.353. The van der Waals surface area contributed by atoms with E-state index in [1.807, 2.05) is 0 Å². The summed E-state index contributed by atoms with van der Waals surface area (Å²) in [7, 11) is 0. The normalized spacial score (nSPS) is 14.8. The van der Waals surface area contributed by atoms with Crippen LogP contribution in [0.15, 0.2) is 30.5 Å². The van der Waals surface area contributed by atoms with Gasteiger partial charge in [0, 0.05) is 18.2 Å². The third-order valence-electron chi connectivity index (χ3n) is 3.86. The van der Waals surface area contributed by atoms with Gasteiger partial charge in [-0.25, -0.2) is 9.97 Å². The first-order valence-corrected chi connectivity index (χ1v) is 7.26. The van der Waals surface area contributed by atoms with Gasteiger partial charge in [0.25, 0.3) is 0 Å². The summed E-state index contributed by atoms with van der Waals surface area (Å²) in [5, 5.41) is 0. The summed E-state index contributed by atoms with van der Waals surface area (Å²) >= 11 is 0. The molecule has 20 heavy (non-hydrogen) atoms. The molecule has 0 aliphatic heterocycles. The van der Waals surface area contributed by atoms with E-state index in [2.05, 4.69) is 41.2 Å². The van der Waals surface area contributed by atoms with Crippen LogP contribution in [0.5, 0.6) is 0 Å². The lowest BCUT2D eigenvalue weighted by Gasteiger charge is -2.07. The maximum atomic E-state index is 12.0. The largest absolute Gasteiger partial charge is 0.294 e. The first-order chi connectivity index (χ1) is 9.78. The van der Waals surface area contributed by atoms with Crippen LogP contribution in [0.2, 0.25) is 0 Å². The second-order valence-corrected chi connectivity index (χ2v) is 5.23. The predicted molar refractivity (Wildman–Crippen MR) is 78.7 cm³/mol. The molecule has 0 bridgehead atoms. The zero-order chi connectivity index (χ0) is 13.9. The number of benzene rings is 1. The van der Waals surface area contributed by atoms with Crippen molar-refractivity contribution in [2.24, 2.45) is 0 Å². The van der Waals surface area contributed by atoms with Crippen molar-refractivity contribution in [2.75, 3.05) is 0 Å². The zero-order valence-electron chi connectivity index (χ0n) is 11.7. The molecule has 0 fully saturated rings. The maximum absolute atomic E-state index is 12.0. The van der Waals surface area contributed by atoms with E-state index in [1.54, 1.807) is 6.20 Å². The molecule has 3 rings (SSSR count). The molecule has 1 aromatic carbocycles. The van der Waals surface area contributed by atoms with Gasteiger partial charge in [-0.1, -0.05) is 31.2 Å². The monoisotopic (exact) mass is 266 g/mol. The Kier molecular flexibility index (Phi) is 3.59. The van der Waals surface area contributed by atoms with Gasteiger partial charge >= 0.3 is 0 Å². The lowest BCUT2D eigenvalue weighted by atomic mass is 10.1. The number of carbonyl (C=O) groups excluding carboxylic acids is 1. The highest BCUT2D eigenvalue weighted by atomic mass is 16.1. The molecule has 0 amide bonds. The Balaban J connectivity index is 1.98. The number of fused-ring (bicyclic) bond motifs is 1. The molecule has 3 nitrogen and oxygen atoms in total. The van der Waals surface area contributed by atoms with E-state index in [-0.39, 0.29) is 5.78 Å². The van der Waals surface area contributed by atoms with E-state index in [0.717, 1.165) is 48.3 Å². The van der Waals surface area contributed by atoms with E-state index >= 15 is 0 Å². The Labute approximate surface area is 119 Å². The van der Waals surface area contributed by atoms with Gasteiger partial charge < -0.3 is 0 Å². The molecule has 1 heterocycles. The SMILES string of the molecule is CCc1ccc(-c2ncc3c(n2)CCCCC3=O)cc1. The minimum Gasteiger partial charge on any atom is -0.294 e. The van der Waals surface area contributed by atoms with Gasteiger partial charge in [0.1, 0.15) is 0 Å². The topological polar surface area (TPSA) is 42.9 Å². The summed E-state index contributed by atoms with van der Waals surface area (Å²) in [4.78, 5) is 21.0. The highest BCUT2D eigenvalue weighted by Gasteiger charge is 2.18. The summed E-state index contributed by atoms with van der Waals surface area (Å²) in [5.41, 5.74) is 3.95. The van der Waals surface area contributed by atoms with E-state index in [1.165, 1.54) is 5.56 Å². The molecule has 102 valence electrons. The van der Waals surface area contributed by atoms with Crippen molar-refractivity contribution in [3.8, 4) is 11.4 Å². The quantitative estimate of drug-likeness (QED) is 0.780. The number of Topliss-reactive ketones (excluding diaryl/α,β-unsaturated/α-hetero) is 1. The number of carbonyl (C=O) groups is 1. The Morgan fingerprint density at radius 3 is 2.60 bits per heavy atom. The molecule has 1 aromatic heterocycles. The molecule has 2 aromatic rings. The number of ketones is 1. The van der Waals surface area contributed by atoms with Crippen molar-refractivity contribution < 1.29 is 4.79 Å². The van der Waals surface area contributed by atoms with Gasteiger partial charge in [-0.05, 0) is 31.2 Å². The van der Waals surface area contributed by atoms with Crippen LogP contribution < -0.4 is 0 Å². The number of hydrogen-bond acceptors (Lipinski definition) is 3. The minimum absolute atomic E-state index is 0.186. The number of hydrogen-bond donors (Lipinski definition) is 0. The smallest absolute Gasteiger partial charge is 0.166 e. The molecule has 0 unspecified atom stereocenters. The molecule has 0 atom stereocenters. The van der Waals surface area contributed by atoms with Crippen molar-refractivity contribution in [3.05, 3.63) is 47.3 Å². The van der Waals surface area contributed by atoms with E-state index in [0.29, 0.717) is 6.42 Å². The molecule has 0 saturated heterocycles. The molecule has 0 saturated carbocycles. The van der Waals surface area contributed by atoms with Crippen LogP contribution in [0.4, 0.5) is 0 Å². The Hall–Kier alpha value is -2.03. The lowest BCUT2D eigenvalue weighted by Crippen LogP contribution is -2.05. The van der Waals surface area contributed by atoms with Crippen LogP contribution in [-0.4, -0.2) is 15.8 Å². The molecule has 0 spiro atoms. The second-order valence-electron chi connectivity index (χ2n) is 5.23. The van der Waals surface area contributed by atoms with Crippen LogP contribution in [-0.2, 0) is 12.8 Å². The van der Waals surface area contributed by atoms with Gasteiger partial charge in [-0.2, -0.15) is 0 Å². The fourth-order valence-electron chi connectivity index (χ4n) is 2.58. The van der Waals surface area contributed by atoms with Crippen molar-refractivity contribution >= 4 is 5.78 Å². The molecular formula is C17H18N2O. The zero-order valence-corrected chi connectivity index (χ0v) is 11.7. The third-order valence-corrected chi connectivity index (χ3v) is 3.86. The Bertz CT molecular complexity index is 632. The molecule has 0 N–H and O–H groups in total. The number of rotatable bonds is 2. The van der Waals surface area contributed by atoms with E-state index < -0.39 is 0 Å². The van der Waals surface area contributed by atoms with Crippen LogP contribution in [0.3, 0.4) is 0 Å². The van der Waals surface area contributed by atoms with Crippen molar-refractivity contribution in [3.63, 3.8) is 0 Å². The second kappa shape index (κ2) is 5.53. The summed E-state index contributed by atoms with van der Waals surface area (Å²) in [6.07, 6.45) is 6.23. The number of aryl methyl sites for hydroxylation is 2. The Morgan fingerprint density at radius 1 is 1.10 bits per heavy atom. The first-order valence-electron chi connectivity index (χ1n) is 7.26. The van der Waals surface area contributed by atoms with Crippen LogP contribution >= 0.6 is 0 Å². The molecule has 1 aliphatic rings. The van der Waals surface area contributed by atoms with Crippen LogP contribution in [0.25, 0.3) is 11.4 Å². The average Bonchev–Trinajstić information content (AvgIpc) is 2.69. The highest BCUT2D eigenvalue weighted by molar-refractivity contribution is 5.97. The van der Waals surface area contributed by atoms with Gasteiger partial charge in [-0.3, -0.25) is 4.79 Å². The fourth-order valence-corrected chi connectivity index (χ4v) is 2.58.